The van der Waals surface area contributed by atoms with Crippen molar-refractivity contribution in [3.8, 4) is 5.88 Å². The number of hydrogen-bond donors (Lipinski definition) is 2. The number of nitrogens with one attached hydrogen (secondary N) is 1. The highest BCUT2D eigenvalue weighted by molar-refractivity contribution is 5.93. The molecule has 0 unspecified atom stereocenters. The van der Waals surface area contributed by atoms with Crippen molar-refractivity contribution < 1.29 is 19.4 Å². The van der Waals surface area contributed by atoms with E-state index in [4.69, 9.17) is 4.74 Å². The van der Waals surface area contributed by atoms with Crippen LogP contribution in [0.5, 0.6) is 5.88 Å². The first-order valence-corrected chi connectivity index (χ1v) is 8.36. The molecule has 0 saturated heterocycles. The highest BCUT2D eigenvalue weighted by Crippen LogP contribution is 2.25. The van der Waals surface area contributed by atoms with Crippen LogP contribution in [0.25, 0.3) is 0 Å². The van der Waals surface area contributed by atoms with Crippen LogP contribution in [0.1, 0.15) is 54.8 Å². The summed E-state index contributed by atoms with van der Waals surface area (Å²) in [6.07, 6.45) is -0.215. The lowest BCUT2D eigenvalue weighted by atomic mass is 9.98. The molecule has 0 spiro atoms. The summed E-state index contributed by atoms with van der Waals surface area (Å²) in [5, 5.41) is 16.3. The number of amides is 1. The van der Waals surface area contributed by atoms with Gasteiger partial charge in [0.1, 0.15) is 0 Å². The normalized spacial score (nSPS) is 12.5. The molecule has 2 N–H and O–H groups in total. The number of carboxylic acids is 1. The van der Waals surface area contributed by atoms with Crippen LogP contribution in [0, 0.1) is 6.92 Å². The Labute approximate surface area is 153 Å². The Balaban J connectivity index is 2.32. The number of benzene rings is 1. The van der Waals surface area contributed by atoms with Crippen molar-refractivity contribution in [2.45, 2.75) is 45.7 Å². The van der Waals surface area contributed by atoms with Crippen molar-refractivity contribution in [1.82, 2.24) is 15.1 Å². The first kappa shape index (κ1) is 19.5. The van der Waals surface area contributed by atoms with Gasteiger partial charge in [-0.2, -0.15) is 5.10 Å². The maximum Gasteiger partial charge on any atom is 0.305 e. The summed E-state index contributed by atoms with van der Waals surface area (Å²) in [5.41, 5.74) is 1.50. The molecule has 1 heterocycles. The molecule has 26 heavy (non-hydrogen) atoms. The molecular weight excluding hydrogens is 334 g/mol. The van der Waals surface area contributed by atoms with Crippen LogP contribution in [-0.2, 0) is 10.3 Å². The van der Waals surface area contributed by atoms with Crippen LogP contribution in [0.15, 0.2) is 30.3 Å². The van der Waals surface area contributed by atoms with Crippen LogP contribution in [0.2, 0.25) is 0 Å². The Morgan fingerprint density at radius 2 is 1.96 bits per heavy atom. The molecule has 1 aromatic carbocycles. The molecule has 7 heteroatoms. The van der Waals surface area contributed by atoms with Crippen LogP contribution < -0.4 is 10.1 Å². The Kier molecular flexibility index (Phi) is 5.69. The van der Waals surface area contributed by atoms with Gasteiger partial charge >= 0.3 is 5.97 Å². The first-order chi connectivity index (χ1) is 12.1. The standard InChI is InChI=1S/C19H25N3O4/c1-12-8-6-7-9-13(12)14(11-17(23)24)20-18(25)15-10-16(26-5)22(21-15)19(2,3)4/h6-10,14H,11H2,1-5H3,(H,20,25)(H,23,24)/t14-/m0/s1. The summed E-state index contributed by atoms with van der Waals surface area (Å²) in [5.74, 6) is -0.967. The fraction of sp³-hybridized carbons (Fsp3) is 0.421. The zero-order valence-corrected chi connectivity index (χ0v) is 15.7. The summed E-state index contributed by atoms with van der Waals surface area (Å²) in [6, 6.07) is 8.29. The highest BCUT2D eigenvalue weighted by atomic mass is 16.5. The quantitative estimate of drug-likeness (QED) is 0.827. The molecule has 0 bridgehead atoms. The number of carbonyl (C=O) groups is 2. The molecule has 0 aliphatic heterocycles. The summed E-state index contributed by atoms with van der Waals surface area (Å²) in [6.45, 7) is 7.73. The van der Waals surface area contributed by atoms with Gasteiger partial charge in [-0.3, -0.25) is 9.59 Å². The van der Waals surface area contributed by atoms with E-state index in [9.17, 15) is 14.7 Å². The molecule has 7 nitrogen and oxygen atoms in total. The van der Waals surface area contributed by atoms with Gasteiger partial charge in [-0.05, 0) is 38.8 Å². The van der Waals surface area contributed by atoms with E-state index in [1.807, 2.05) is 52.0 Å². The minimum Gasteiger partial charge on any atom is -0.481 e. The fourth-order valence-electron chi connectivity index (χ4n) is 2.72. The van der Waals surface area contributed by atoms with E-state index in [1.54, 1.807) is 10.7 Å². The third-order valence-corrected chi connectivity index (χ3v) is 4.00. The highest BCUT2D eigenvalue weighted by Gasteiger charge is 2.25. The maximum atomic E-state index is 12.7. The lowest BCUT2D eigenvalue weighted by Crippen LogP contribution is -2.31. The van der Waals surface area contributed by atoms with E-state index in [2.05, 4.69) is 10.4 Å². The average molecular weight is 359 g/mol. The number of hydrogen-bond acceptors (Lipinski definition) is 4. The van der Waals surface area contributed by atoms with Crippen molar-refractivity contribution in [3.63, 3.8) is 0 Å². The largest absolute Gasteiger partial charge is 0.481 e. The lowest BCUT2D eigenvalue weighted by molar-refractivity contribution is -0.137. The van der Waals surface area contributed by atoms with E-state index >= 15 is 0 Å². The molecule has 0 saturated carbocycles. The van der Waals surface area contributed by atoms with E-state index in [0.29, 0.717) is 5.88 Å². The van der Waals surface area contributed by atoms with Gasteiger partial charge in [-0.15, -0.1) is 0 Å². The first-order valence-electron chi connectivity index (χ1n) is 8.36. The second kappa shape index (κ2) is 7.59. The van der Waals surface area contributed by atoms with Crippen molar-refractivity contribution in [3.05, 3.63) is 47.2 Å². The second-order valence-electron chi connectivity index (χ2n) is 7.14. The fourth-order valence-corrected chi connectivity index (χ4v) is 2.72. The summed E-state index contributed by atoms with van der Waals surface area (Å²) < 4.78 is 6.93. The SMILES string of the molecule is COc1cc(C(=O)N[C@@H](CC(=O)O)c2ccccc2C)nn1C(C)(C)C. The third-order valence-electron chi connectivity index (χ3n) is 4.00. The van der Waals surface area contributed by atoms with Crippen molar-refractivity contribution in [2.24, 2.45) is 0 Å². The van der Waals surface area contributed by atoms with Gasteiger partial charge in [0.2, 0.25) is 5.88 Å². The number of carbonyl (C=O) groups excluding carboxylic acids is 1. The van der Waals surface area contributed by atoms with E-state index in [0.717, 1.165) is 11.1 Å². The van der Waals surface area contributed by atoms with Gasteiger partial charge in [0.15, 0.2) is 5.69 Å². The van der Waals surface area contributed by atoms with Crippen LogP contribution in [0.3, 0.4) is 0 Å². The number of aliphatic carboxylic acids is 1. The zero-order valence-electron chi connectivity index (χ0n) is 15.7. The predicted molar refractivity (Wildman–Crippen MR) is 97.4 cm³/mol. The Morgan fingerprint density at radius 1 is 1.31 bits per heavy atom. The molecule has 140 valence electrons. The van der Waals surface area contributed by atoms with E-state index < -0.39 is 17.9 Å². The molecule has 1 aromatic heterocycles. The molecule has 0 fully saturated rings. The summed E-state index contributed by atoms with van der Waals surface area (Å²) in [7, 11) is 1.52. The Hall–Kier alpha value is -2.83. The van der Waals surface area contributed by atoms with Crippen LogP contribution >= 0.6 is 0 Å². The van der Waals surface area contributed by atoms with Gasteiger partial charge in [-0.1, -0.05) is 24.3 Å². The second-order valence-corrected chi connectivity index (χ2v) is 7.14. The third kappa shape index (κ3) is 4.41. The number of aromatic nitrogens is 2. The van der Waals surface area contributed by atoms with Gasteiger partial charge in [0.05, 0.1) is 25.1 Å². The van der Waals surface area contributed by atoms with Crippen molar-refractivity contribution >= 4 is 11.9 Å². The summed E-state index contributed by atoms with van der Waals surface area (Å²) in [4.78, 5) is 24.0. The smallest absolute Gasteiger partial charge is 0.305 e. The molecule has 0 aliphatic rings. The lowest BCUT2D eigenvalue weighted by Gasteiger charge is -2.21. The number of methoxy groups -OCH3 is 1. The number of nitrogens with zero attached hydrogens (tertiary/aromatic N) is 2. The zero-order chi connectivity index (χ0) is 19.5. The monoisotopic (exact) mass is 359 g/mol. The predicted octanol–water partition coefficient (Wildman–Crippen LogP) is 2.90. The molecule has 0 radical (unpaired) electrons. The Bertz CT molecular complexity index is 805. The van der Waals surface area contributed by atoms with Gasteiger partial charge < -0.3 is 15.2 Å². The minimum absolute atomic E-state index is 0.181. The maximum absolute atomic E-state index is 12.7. The summed E-state index contributed by atoms with van der Waals surface area (Å²) >= 11 is 0. The van der Waals surface area contributed by atoms with E-state index in [-0.39, 0.29) is 17.7 Å². The minimum atomic E-state index is -0.989. The molecule has 2 rings (SSSR count). The molecule has 0 aliphatic carbocycles. The van der Waals surface area contributed by atoms with Gasteiger partial charge in [0, 0.05) is 6.07 Å². The van der Waals surface area contributed by atoms with E-state index in [1.165, 1.54) is 7.11 Å². The molecule has 1 amide bonds. The van der Waals surface area contributed by atoms with Crippen LogP contribution in [-0.4, -0.2) is 33.9 Å². The van der Waals surface area contributed by atoms with Crippen molar-refractivity contribution in [1.29, 1.82) is 0 Å². The number of carboxylic acid groups (broad SMARTS) is 1. The van der Waals surface area contributed by atoms with Crippen LogP contribution in [0.4, 0.5) is 0 Å². The number of rotatable bonds is 6. The van der Waals surface area contributed by atoms with Gasteiger partial charge in [0.25, 0.3) is 5.91 Å². The van der Waals surface area contributed by atoms with Gasteiger partial charge in [-0.25, -0.2) is 4.68 Å². The Morgan fingerprint density at radius 3 is 2.46 bits per heavy atom. The van der Waals surface area contributed by atoms with Crippen molar-refractivity contribution in [2.75, 3.05) is 7.11 Å². The number of ether oxygens (including phenoxy) is 1. The topological polar surface area (TPSA) is 93.4 Å². The average Bonchev–Trinajstić information content (AvgIpc) is 2.99. The number of aryl methyl sites for hydroxylation is 1. The molecular formula is C19H25N3O4. The molecule has 1 atom stereocenters. The molecule has 2 aromatic rings.